The van der Waals surface area contributed by atoms with E-state index in [1.807, 2.05) is 24.3 Å². The molecule has 0 bridgehead atoms. The van der Waals surface area contributed by atoms with Crippen molar-refractivity contribution in [3.8, 4) is 5.75 Å². The number of fused-ring (bicyclic) bond motifs is 1. The van der Waals surface area contributed by atoms with Gasteiger partial charge in [0.25, 0.3) is 0 Å². The van der Waals surface area contributed by atoms with E-state index in [2.05, 4.69) is 19.2 Å². The molecule has 1 saturated heterocycles. The predicted molar refractivity (Wildman–Crippen MR) is 172 cm³/mol. The minimum absolute atomic E-state index is 0.0771. The van der Waals surface area contributed by atoms with Crippen molar-refractivity contribution in [3.63, 3.8) is 0 Å². The number of hydrogen-bond acceptors (Lipinski definition) is 4. The Morgan fingerprint density at radius 2 is 1.54 bits per heavy atom. The smallest absolute Gasteiger partial charge is 0.416 e. The molecule has 1 saturated carbocycles. The van der Waals surface area contributed by atoms with Gasteiger partial charge in [0.1, 0.15) is 5.75 Å². The van der Waals surface area contributed by atoms with E-state index in [1.165, 1.54) is 12.1 Å². The number of halogens is 6. The maximum absolute atomic E-state index is 17.3. The fraction of sp³-hybridized carbons (Fsp3) is 0.553. The highest BCUT2D eigenvalue weighted by Gasteiger charge is 2.44. The third-order valence-electron chi connectivity index (χ3n) is 10.4. The molecule has 4 nitrogen and oxygen atoms in total. The van der Waals surface area contributed by atoms with E-state index in [1.54, 1.807) is 7.11 Å². The minimum atomic E-state index is -4.56. The lowest BCUT2D eigenvalue weighted by atomic mass is 9.68. The molecule has 48 heavy (non-hydrogen) atoms. The first-order chi connectivity index (χ1) is 22.7. The second-order valence-corrected chi connectivity index (χ2v) is 14.5. The Balaban J connectivity index is 1.52. The standard InChI is InChI=1S/C38H44F6N2O2/c1-36(2)20-29-32(30(21-36)48-22-23-4-10-28(47-3)11-5-23)31(24-12-16-37(40,41)17-13-24)33(35(46-29)26-14-18-45-19-15-26)34(39)25-6-8-27(9-7-25)38(42,43)44/h4-11,24,26,30,34,45H,12-22H2,1-3H3/t30-,34-/m0/s1. The number of pyridine rings is 1. The van der Waals surface area contributed by atoms with E-state index in [0.717, 1.165) is 60.6 Å². The minimum Gasteiger partial charge on any atom is -0.497 e. The third-order valence-corrected chi connectivity index (χ3v) is 10.4. The van der Waals surface area contributed by atoms with Gasteiger partial charge in [-0.1, -0.05) is 38.1 Å². The van der Waals surface area contributed by atoms with Crippen molar-refractivity contribution in [2.45, 2.75) is 108 Å². The molecular formula is C38H44F6N2O2. The molecule has 6 rings (SSSR count). The molecule has 10 heteroatoms. The highest BCUT2D eigenvalue weighted by molar-refractivity contribution is 5.51. The molecule has 2 aromatic carbocycles. The summed E-state index contributed by atoms with van der Waals surface area (Å²) in [7, 11) is 1.60. The molecule has 1 aromatic heterocycles. The summed E-state index contributed by atoms with van der Waals surface area (Å²) in [5.74, 6) is -2.52. The van der Waals surface area contributed by atoms with Crippen LogP contribution in [0.1, 0.15) is 128 Å². The van der Waals surface area contributed by atoms with Crippen LogP contribution in [0, 0.1) is 5.41 Å². The molecule has 3 aromatic rings. The van der Waals surface area contributed by atoms with Crippen molar-refractivity contribution in [2.24, 2.45) is 5.41 Å². The van der Waals surface area contributed by atoms with Gasteiger partial charge in [0.05, 0.1) is 31.1 Å². The van der Waals surface area contributed by atoms with Gasteiger partial charge in [0.2, 0.25) is 5.92 Å². The van der Waals surface area contributed by atoms with Crippen molar-refractivity contribution in [3.05, 3.63) is 93.3 Å². The molecule has 2 heterocycles. The van der Waals surface area contributed by atoms with Crippen LogP contribution >= 0.6 is 0 Å². The Morgan fingerprint density at radius 3 is 2.15 bits per heavy atom. The van der Waals surface area contributed by atoms with Crippen molar-refractivity contribution in [2.75, 3.05) is 20.2 Å². The molecule has 260 valence electrons. The third kappa shape index (κ3) is 7.54. The lowest BCUT2D eigenvalue weighted by Crippen LogP contribution is -2.34. The lowest BCUT2D eigenvalue weighted by Gasteiger charge is -2.42. The first-order valence-corrected chi connectivity index (χ1v) is 17.0. The summed E-state index contributed by atoms with van der Waals surface area (Å²) in [5, 5.41) is 3.35. The fourth-order valence-electron chi connectivity index (χ4n) is 7.84. The van der Waals surface area contributed by atoms with Crippen LogP contribution in [0.25, 0.3) is 0 Å². The number of nitrogens with one attached hydrogen (secondary N) is 1. The summed E-state index contributed by atoms with van der Waals surface area (Å²) in [5.41, 5.74) is 3.19. The zero-order valence-electron chi connectivity index (χ0n) is 27.7. The van der Waals surface area contributed by atoms with Crippen LogP contribution in [0.4, 0.5) is 26.3 Å². The maximum Gasteiger partial charge on any atom is 0.416 e. The summed E-state index contributed by atoms with van der Waals surface area (Å²) in [4.78, 5) is 5.26. The van der Waals surface area contributed by atoms with Crippen LogP contribution in [-0.4, -0.2) is 31.1 Å². The summed E-state index contributed by atoms with van der Waals surface area (Å²) in [6, 6.07) is 11.7. The predicted octanol–water partition coefficient (Wildman–Crippen LogP) is 10.2. The Hall–Kier alpha value is -3.11. The number of ether oxygens (including phenoxy) is 2. The number of piperidine rings is 1. The molecule has 0 radical (unpaired) electrons. The molecule has 0 spiro atoms. The Labute approximate surface area is 278 Å². The van der Waals surface area contributed by atoms with Crippen LogP contribution in [0.3, 0.4) is 0 Å². The van der Waals surface area contributed by atoms with E-state index in [4.69, 9.17) is 14.5 Å². The zero-order chi connectivity index (χ0) is 34.3. The second-order valence-electron chi connectivity index (χ2n) is 14.5. The van der Waals surface area contributed by atoms with Gasteiger partial charge in [0, 0.05) is 35.6 Å². The Morgan fingerprint density at radius 1 is 0.896 bits per heavy atom. The first-order valence-electron chi connectivity index (χ1n) is 17.0. The molecule has 3 aliphatic rings. The van der Waals surface area contributed by atoms with Crippen LogP contribution < -0.4 is 10.1 Å². The van der Waals surface area contributed by atoms with E-state index >= 15 is 4.39 Å². The van der Waals surface area contributed by atoms with E-state index < -0.39 is 29.9 Å². The van der Waals surface area contributed by atoms with Crippen LogP contribution in [-0.2, 0) is 23.9 Å². The van der Waals surface area contributed by atoms with Crippen molar-refractivity contribution in [1.82, 2.24) is 10.3 Å². The lowest BCUT2D eigenvalue weighted by molar-refractivity contribution is -0.137. The van der Waals surface area contributed by atoms with Crippen molar-refractivity contribution >= 4 is 0 Å². The second kappa shape index (κ2) is 13.7. The molecule has 1 aliphatic heterocycles. The number of rotatable bonds is 8. The van der Waals surface area contributed by atoms with Gasteiger partial charge in [-0.05, 0) is 104 Å². The molecule has 2 atom stereocenters. The van der Waals surface area contributed by atoms with Crippen molar-refractivity contribution < 1.29 is 35.8 Å². The normalized spacial score (nSPS) is 22.2. The van der Waals surface area contributed by atoms with Gasteiger partial charge in [-0.25, -0.2) is 13.2 Å². The van der Waals surface area contributed by atoms with Gasteiger partial charge in [-0.3, -0.25) is 4.98 Å². The largest absolute Gasteiger partial charge is 0.497 e. The average Bonchev–Trinajstić information content (AvgIpc) is 3.06. The fourth-order valence-corrected chi connectivity index (χ4v) is 7.84. The Bertz CT molecular complexity index is 1560. The van der Waals surface area contributed by atoms with Gasteiger partial charge >= 0.3 is 6.18 Å². The number of alkyl halides is 6. The molecule has 0 unspecified atom stereocenters. The van der Waals surface area contributed by atoms with Gasteiger partial charge in [-0.2, -0.15) is 13.2 Å². The number of methoxy groups -OCH3 is 1. The summed E-state index contributed by atoms with van der Waals surface area (Å²) < 4.78 is 98.8. The topological polar surface area (TPSA) is 43.4 Å². The van der Waals surface area contributed by atoms with Crippen LogP contribution in [0.15, 0.2) is 48.5 Å². The summed E-state index contributed by atoms with van der Waals surface area (Å²) in [6.45, 7) is 6.03. The first kappa shape index (κ1) is 34.7. The van der Waals surface area contributed by atoms with Crippen molar-refractivity contribution in [1.29, 1.82) is 0 Å². The summed E-state index contributed by atoms with van der Waals surface area (Å²) >= 11 is 0. The number of aromatic nitrogens is 1. The highest BCUT2D eigenvalue weighted by atomic mass is 19.4. The monoisotopic (exact) mass is 674 g/mol. The SMILES string of the molecule is COc1ccc(CO[C@H]2CC(C)(C)Cc3nc(C4CCNCC4)c([C@@H](F)c4ccc(C(F)(F)F)cc4)c(C4CCC(F)(F)CC4)c32)cc1. The quantitative estimate of drug-likeness (QED) is 0.242. The maximum atomic E-state index is 17.3. The van der Waals surface area contributed by atoms with E-state index in [-0.39, 0.29) is 55.1 Å². The molecule has 0 amide bonds. The van der Waals surface area contributed by atoms with Crippen LogP contribution in [0.5, 0.6) is 5.75 Å². The van der Waals surface area contributed by atoms with Gasteiger partial charge < -0.3 is 14.8 Å². The molecular weight excluding hydrogens is 630 g/mol. The van der Waals surface area contributed by atoms with Crippen LogP contribution in [0.2, 0.25) is 0 Å². The molecule has 1 N–H and O–H groups in total. The summed E-state index contributed by atoms with van der Waals surface area (Å²) in [6.07, 6.45) is -4.39. The van der Waals surface area contributed by atoms with E-state index in [0.29, 0.717) is 29.7 Å². The highest BCUT2D eigenvalue weighted by Crippen LogP contribution is 2.53. The Kier molecular flexibility index (Phi) is 9.88. The molecule has 2 fully saturated rings. The van der Waals surface area contributed by atoms with Gasteiger partial charge in [-0.15, -0.1) is 0 Å². The van der Waals surface area contributed by atoms with E-state index in [9.17, 15) is 22.0 Å². The average molecular weight is 675 g/mol. The number of hydrogen-bond donors (Lipinski definition) is 1. The zero-order valence-corrected chi connectivity index (χ0v) is 27.7. The molecule has 2 aliphatic carbocycles. The van der Waals surface area contributed by atoms with Gasteiger partial charge in [0.15, 0.2) is 6.17 Å². The number of nitrogens with zero attached hydrogens (tertiary/aromatic N) is 1. The number of benzene rings is 2.